The Balaban J connectivity index is 1.66. The van der Waals surface area contributed by atoms with Crippen LogP contribution in [0.25, 0.3) is 10.6 Å². The molecule has 0 fully saturated rings. The second kappa shape index (κ2) is 8.55. The minimum atomic E-state index is -0.566. The average Bonchev–Trinajstić information content (AvgIpc) is 3.06. The van der Waals surface area contributed by atoms with Gasteiger partial charge in [-0.1, -0.05) is 15.9 Å². The summed E-state index contributed by atoms with van der Waals surface area (Å²) in [6, 6.07) is 6.24. The van der Waals surface area contributed by atoms with E-state index in [0.717, 1.165) is 16.3 Å². The van der Waals surface area contributed by atoms with E-state index < -0.39 is 11.6 Å². The van der Waals surface area contributed by atoms with Gasteiger partial charge in [0, 0.05) is 34.1 Å². The molecule has 0 aliphatic carbocycles. The largest absolute Gasteiger partial charge is 0.493 e. The first-order chi connectivity index (χ1) is 12.6. The van der Waals surface area contributed by atoms with Crippen LogP contribution in [0.3, 0.4) is 0 Å². The number of rotatable bonds is 7. The summed E-state index contributed by atoms with van der Waals surface area (Å²) in [6.07, 6.45) is 1.66. The summed E-state index contributed by atoms with van der Waals surface area (Å²) in [6.45, 7) is 2.89. The molecule has 3 aromatic rings. The van der Waals surface area contributed by atoms with Crippen molar-refractivity contribution in [3.63, 3.8) is 0 Å². The molecule has 0 spiro atoms. The molecule has 0 bridgehead atoms. The van der Waals surface area contributed by atoms with E-state index in [4.69, 9.17) is 4.74 Å². The second-order valence-corrected chi connectivity index (χ2v) is 7.22. The van der Waals surface area contributed by atoms with Gasteiger partial charge in [-0.25, -0.2) is 18.7 Å². The van der Waals surface area contributed by atoms with Crippen molar-refractivity contribution < 1.29 is 13.5 Å². The molecule has 3 rings (SSSR count). The number of anilines is 1. The SMILES string of the molecule is CCOc1csc(-c2cc(NCCc3c(F)cc(Br)cc3F)ncn2)c1. The molecule has 4 nitrogen and oxygen atoms in total. The summed E-state index contributed by atoms with van der Waals surface area (Å²) in [5.41, 5.74) is 0.814. The normalized spacial score (nSPS) is 10.8. The number of ether oxygens (including phenoxy) is 1. The molecule has 0 amide bonds. The van der Waals surface area contributed by atoms with Gasteiger partial charge < -0.3 is 10.1 Å². The monoisotopic (exact) mass is 439 g/mol. The summed E-state index contributed by atoms with van der Waals surface area (Å²) in [4.78, 5) is 9.38. The number of thiophene rings is 1. The first-order valence-corrected chi connectivity index (χ1v) is 9.65. The van der Waals surface area contributed by atoms with E-state index in [1.807, 2.05) is 18.4 Å². The Kier molecular flexibility index (Phi) is 6.16. The van der Waals surface area contributed by atoms with E-state index in [0.29, 0.717) is 23.4 Å². The molecule has 136 valence electrons. The fraction of sp³-hybridized carbons (Fsp3) is 0.222. The van der Waals surface area contributed by atoms with Gasteiger partial charge in [-0.05, 0) is 25.5 Å². The summed E-state index contributed by atoms with van der Waals surface area (Å²) in [5, 5.41) is 5.01. The van der Waals surface area contributed by atoms with Crippen LogP contribution in [0.5, 0.6) is 5.75 Å². The Morgan fingerprint density at radius 1 is 1.15 bits per heavy atom. The zero-order valence-corrected chi connectivity index (χ0v) is 16.3. The van der Waals surface area contributed by atoms with Crippen molar-refractivity contribution in [2.75, 3.05) is 18.5 Å². The molecule has 0 atom stereocenters. The molecule has 0 saturated carbocycles. The van der Waals surface area contributed by atoms with Crippen LogP contribution >= 0.6 is 27.3 Å². The molecule has 26 heavy (non-hydrogen) atoms. The van der Waals surface area contributed by atoms with E-state index in [1.54, 1.807) is 6.07 Å². The summed E-state index contributed by atoms with van der Waals surface area (Å²) >= 11 is 4.60. The molecule has 0 aliphatic rings. The molecule has 0 radical (unpaired) electrons. The lowest BCUT2D eigenvalue weighted by Crippen LogP contribution is -2.09. The topological polar surface area (TPSA) is 47.0 Å². The van der Waals surface area contributed by atoms with Gasteiger partial charge in [-0.3, -0.25) is 0 Å². The molecule has 1 N–H and O–H groups in total. The van der Waals surface area contributed by atoms with E-state index in [2.05, 4.69) is 31.2 Å². The second-order valence-electron chi connectivity index (χ2n) is 5.39. The predicted molar refractivity (Wildman–Crippen MR) is 103 cm³/mol. The number of halogens is 3. The highest BCUT2D eigenvalue weighted by atomic mass is 79.9. The Morgan fingerprint density at radius 2 is 1.92 bits per heavy atom. The summed E-state index contributed by atoms with van der Waals surface area (Å²) in [7, 11) is 0. The number of nitrogens with one attached hydrogen (secondary N) is 1. The molecule has 8 heteroatoms. The maximum absolute atomic E-state index is 13.9. The standard InChI is InChI=1S/C18H16BrF2N3OS/c1-2-25-12-7-17(26-9-12)16-8-18(24-10-23-16)22-4-3-13-14(20)5-11(19)6-15(13)21/h5-10H,2-4H2,1H3,(H,22,23,24). The van der Waals surface area contributed by atoms with Crippen molar-refractivity contribution >= 4 is 33.1 Å². The van der Waals surface area contributed by atoms with Crippen molar-refractivity contribution in [3.8, 4) is 16.3 Å². The highest BCUT2D eigenvalue weighted by molar-refractivity contribution is 9.10. The Labute approximate surface area is 162 Å². The predicted octanol–water partition coefficient (Wildman–Crippen LogP) is 5.30. The van der Waals surface area contributed by atoms with Crippen LogP contribution in [0.4, 0.5) is 14.6 Å². The van der Waals surface area contributed by atoms with Crippen LogP contribution in [0.2, 0.25) is 0 Å². The van der Waals surface area contributed by atoms with Gasteiger partial charge in [0.25, 0.3) is 0 Å². The maximum Gasteiger partial charge on any atom is 0.130 e. The van der Waals surface area contributed by atoms with E-state index in [9.17, 15) is 8.78 Å². The lowest BCUT2D eigenvalue weighted by atomic mass is 10.1. The van der Waals surface area contributed by atoms with Gasteiger partial charge in [0.15, 0.2) is 0 Å². The number of aromatic nitrogens is 2. The van der Waals surface area contributed by atoms with E-state index in [-0.39, 0.29) is 12.0 Å². The quantitative estimate of drug-likeness (QED) is 0.542. The molecule has 1 aromatic carbocycles. The van der Waals surface area contributed by atoms with Gasteiger partial charge in [0.05, 0.1) is 17.2 Å². The smallest absolute Gasteiger partial charge is 0.130 e. The van der Waals surface area contributed by atoms with Crippen molar-refractivity contribution in [2.24, 2.45) is 0 Å². The van der Waals surface area contributed by atoms with Gasteiger partial charge in [-0.15, -0.1) is 11.3 Å². The number of hydrogen-bond acceptors (Lipinski definition) is 5. The van der Waals surface area contributed by atoms with E-state index >= 15 is 0 Å². The highest BCUT2D eigenvalue weighted by Crippen LogP contribution is 2.30. The third kappa shape index (κ3) is 4.56. The van der Waals surface area contributed by atoms with Crippen LogP contribution in [0, 0.1) is 11.6 Å². The molecular weight excluding hydrogens is 424 g/mol. The van der Waals surface area contributed by atoms with Gasteiger partial charge in [0.1, 0.15) is 29.5 Å². The lowest BCUT2D eigenvalue weighted by Gasteiger charge is -2.08. The third-order valence-corrected chi connectivity index (χ3v) is 4.98. The summed E-state index contributed by atoms with van der Waals surface area (Å²) in [5.74, 6) is 0.272. The number of hydrogen-bond donors (Lipinski definition) is 1. The Morgan fingerprint density at radius 3 is 2.65 bits per heavy atom. The van der Waals surface area contributed by atoms with Gasteiger partial charge in [0.2, 0.25) is 0 Å². The lowest BCUT2D eigenvalue weighted by molar-refractivity contribution is 0.342. The van der Waals surface area contributed by atoms with Crippen LogP contribution in [-0.2, 0) is 6.42 Å². The van der Waals surface area contributed by atoms with Crippen LogP contribution < -0.4 is 10.1 Å². The summed E-state index contributed by atoms with van der Waals surface area (Å²) < 4.78 is 33.5. The Bertz CT molecular complexity index is 881. The van der Waals surface area contributed by atoms with Crippen LogP contribution in [0.1, 0.15) is 12.5 Å². The first kappa shape index (κ1) is 18.7. The van der Waals surface area contributed by atoms with Gasteiger partial charge in [-0.2, -0.15) is 0 Å². The number of nitrogens with zero attached hydrogens (tertiary/aromatic N) is 2. The van der Waals surface area contributed by atoms with Crippen molar-refractivity contribution in [1.29, 1.82) is 0 Å². The zero-order valence-electron chi connectivity index (χ0n) is 13.9. The molecular formula is C18H16BrF2N3OS. The maximum atomic E-state index is 13.9. The van der Waals surface area contributed by atoms with Crippen molar-refractivity contribution in [1.82, 2.24) is 9.97 Å². The highest BCUT2D eigenvalue weighted by Gasteiger charge is 2.11. The minimum absolute atomic E-state index is 0.0505. The zero-order chi connectivity index (χ0) is 18.5. The molecule has 0 saturated heterocycles. The molecule has 0 aliphatic heterocycles. The average molecular weight is 440 g/mol. The van der Waals surface area contributed by atoms with Crippen LogP contribution in [0.15, 0.2) is 40.4 Å². The first-order valence-electron chi connectivity index (χ1n) is 7.98. The molecule has 0 unspecified atom stereocenters. The minimum Gasteiger partial charge on any atom is -0.493 e. The van der Waals surface area contributed by atoms with E-state index in [1.165, 1.54) is 29.8 Å². The molecule has 2 heterocycles. The Hall–Kier alpha value is -2.06. The fourth-order valence-electron chi connectivity index (χ4n) is 2.41. The fourth-order valence-corrected chi connectivity index (χ4v) is 3.61. The third-order valence-electron chi connectivity index (χ3n) is 3.59. The molecule has 2 aromatic heterocycles. The number of benzene rings is 1. The van der Waals surface area contributed by atoms with Gasteiger partial charge >= 0.3 is 0 Å². The van der Waals surface area contributed by atoms with Crippen molar-refractivity contribution in [2.45, 2.75) is 13.3 Å². The van der Waals surface area contributed by atoms with Crippen LogP contribution in [-0.4, -0.2) is 23.1 Å². The van der Waals surface area contributed by atoms with Crippen molar-refractivity contribution in [3.05, 3.63) is 57.6 Å².